The fourth-order valence-electron chi connectivity index (χ4n) is 2.28. The third-order valence-corrected chi connectivity index (χ3v) is 3.18. The summed E-state index contributed by atoms with van der Waals surface area (Å²) < 4.78 is 0. The lowest BCUT2D eigenvalue weighted by Crippen LogP contribution is -2.29. The van der Waals surface area contributed by atoms with Crippen LogP contribution in [-0.2, 0) is 12.8 Å². The van der Waals surface area contributed by atoms with Crippen molar-refractivity contribution in [1.29, 1.82) is 5.41 Å². The Balaban J connectivity index is 2.19. The second kappa shape index (κ2) is 5.12. The van der Waals surface area contributed by atoms with Crippen LogP contribution in [0.1, 0.15) is 31.0 Å². The van der Waals surface area contributed by atoms with Gasteiger partial charge in [0.25, 0.3) is 0 Å². The molecule has 17 heavy (non-hydrogen) atoms. The molecule has 0 spiro atoms. The van der Waals surface area contributed by atoms with E-state index in [9.17, 15) is 0 Å². The number of amidine groups is 1. The van der Waals surface area contributed by atoms with E-state index in [0.717, 1.165) is 31.7 Å². The molecule has 3 N–H and O–H groups in total. The predicted octanol–water partition coefficient (Wildman–Crippen LogP) is 1.12. The topological polar surface area (TPSA) is 78.9 Å². The molecule has 1 aliphatic carbocycles. The van der Waals surface area contributed by atoms with Gasteiger partial charge in [0.2, 0.25) is 0 Å². The lowest BCUT2D eigenvalue weighted by Gasteiger charge is -2.23. The second-order valence-corrected chi connectivity index (χ2v) is 4.33. The van der Waals surface area contributed by atoms with Gasteiger partial charge in [-0.1, -0.05) is 0 Å². The molecule has 5 nitrogen and oxygen atoms in total. The summed E-state index contributed by atoms with van der Waals surface area (Å²) in [4.78, 5) is 10.9. The number of fused-ring (bicyclic) bond motifs is 1. The Bertz CT molecular complexity index is 415. The number of nitrogens with two attached hydrogens (primary N) is 1. The van der Waals surface area contributed by atoms with Crippen LogP contribution in [0.2, 0.25) is 0 Å². The maximum atomic E-state index is 7.30. The highest BCUT2D eigenvalue weighted by atomic mass is 15.2. The molecule has 0 amide bonds. The summed E-state index contributed by atoms with van der Waals surface area (Å²) in [5, 5.41) is 7.30. The molecule has 0 aliphatic heterocycles. The standard InChI is InChI=1S/C12H19N5/c1-2-17(7-6-11(13)14)12-9-4-3-5-10(9)15-8-16-12/h8H,2-7H2,1H3,(H3,13,14). The molecule has 0 atom stereocenters. The second-order valence-electron chi connectivity index (χ2n) is 4.33. The first kappa shape index (κ1) is 11.8. The van der Waals surface area contributed by atoms with Gasteiger partial charge in [0, 0.05) is 30.8 Å². The van der Waals surface area contributed by atoms with Crippen LogP contribution in [0.25, 0.3) is 0 Å². The van der Waals surface area contributed by atoms with Crippen molar-refractivity contribution >= 4 is 11.7 Å². The predicted molar refractivity (Wildman–Crippen MR) is 68.5 cm³/mol. The quantitative estimate of drug-likeness (QED) is 0.590. The van der Waals surface area contributed by atoms with Crippen molar-refractivity contribution in [3.63, 3.8) is 0 Å². The Morgan fingerprint density at radius 2 is 2.29 bits per heavy atom. The van der Waals surface area contributed by atoms with Crippen LogP contribution < -0.4 is 10.6 Å². The zero-order valence-corrected chi connectivity index (χ0v) is 10.2. The first-order valence-corrected chi connectivity index (χ1v) is 6.13. The Kier molecular flexibility index (Phi) is 3.56. The number of nitrogens with one attached hydrogen (secondary N) is 1. The van der Waals surface area contributed by atoms with Gasteiger partial charge in [0.1, 0.15) is 12.1 Å². The van der Waals surface area contributed by atoms with E-state index in [1.807, 2.05) is 0 Å². The lowest BCUT2D eigenvalue weighted by atomic mass is 10.2. The molecular weight excluding hydrogens is 214 g/mol. The van der Waals surface area contributed by atoms with Crippen LogP contribution in [0, 0.1) is 5.41 Å². The molecule has 1 aromatic rings. The SMILES string of the molecule is CCN(CCC(=N)N)c1ncnc2c1CCC2. The van der Waals surface area contributed by atoms with Gasteiger partial charge in [-0.3, -0.25) is 5.41 Å². The highest BCUT2D eigenvalue weighted by molar-refractivity contribution is 5.77. The summed E-state index contributed by atoms with van der Waals surface area (Å²) >= 11 is 0. The van der Waals surface area contributed by atoms with E-state index in [-0.39, 0.29) is 5.84 Å². The van der Waals surface area contributed by atoms with Crippen molar-refractivity contribution in [2.24, 2.45) is 5.73 Å². The first-order valence-electron chi connectivity index (χ1n) is 6.13. The Morgan fingerprint density at radius 1 is 1.47 bits per heavy atom. The molecule has 0 saturated carbocycles. The van der Waals surface area contributed by atoms with E-state index >= 15 is 0 Å². The third-order valence-electron chi connectivity index (χ3n) is 3.18. The summed E-state index contributed by atoms with van der Waals surface area (Å²) in [5.74, 6) is 1.27. The average molecular weight is 233 g/mol. The van der Waals surface area contributed by atoms with Crippen LogP contribution in [0.4, 0.5) is 5.82 Å². The molecule has 0 saturated heterocycles. The molecule has 0 aromatic carbocycles. The van der Waals surface area contributed by atoms with Crippen LogP contribution >= 0.6 is 0 Å². The van der Waals surface area contributed by atoms with Crippen molar-refractivity contribution in [2.45, 2.75) is 32.6 Å². The highest BCUT2D eigenvalue weighted by Crippen LogP contribution is 2.27. The van der Waals surface area contributed by atoms with Crippen molar-refractivity contribution in [3.05, 3.63) is 17.6 Å². The zero-order valence-electron chi connectivity index (χ0n) is 10.2. The number of aromatic nitrogens is 2. The maximum Gasteiger partial charge on any atom is 0.135 e. The highest BCUT2D eigenvalue weighted by Gasteiger charge is 2.20. The summed E-state index contributed by atoms with van der Waals surface area (Å²) in [6.45, 7) is 3.75. The molecule has 0 fully saturated rings. The molecule has 0 unspecified atom stereocenters. The number of nitrogens with zero attached hydrogens (tertiary/aromatic N) is 3. The normalized spacial score (nSPS) is 13.5. The number of hydrogen-bond donors (Lipinski definition) is 2. The Hall–Kier alpha value is -1.65. The van der Waals surface area contributed by atoms with E-state index in [0.29, 0.717) is 6.42 Å². The number of anilines is 1. The summed E-state index contributed by atoms with van der Waals surface area (Å²) in [6.07, 6.45) is 5.55. The minimum atomic E-state index is 0.231. The van der Waals surface area contributed by atoms with E-state index < -0.39 is 0 Å². The van der Waals surface area contributed by atoms with Gasteiger partial charge < -0.3 is 10.6 Å². The summed E-state index contributed by atoms with van der Waals surface area (Å²) in [6, 6.07) is 0. The fraction of sp³-hybridized carbons (Fsp3) is 0.583. The lowest BCUT2D eigenvalue weighted by molar-refractivity contribution is 0.801. The van der Waals surface area contributed by atoms with Crippen LogP contribution in [0.3, 0.4) is 0 Å². The molecule has 1 heterocycles. The smallest absolute Gasteiger partial charge is 0.135 e. The minimum absolute atomic E-state index is 0.231. The van der Waals surface area contributed by atoms with Crippen LogP contribution in [-0.4, -0.2) is 28.9 Å². The molecular formula is C12H19N5. The van der Waals surface area contributed by atoms with Gasteiger partial charge in [0.05, 0.1) is 5.84 Å². The van der Waals surface area contributed by atoms with Crippen molar-refractivity contribution in [1.82, 2.24) is 9.97 Å². The third kappa shape index (κ3) is 2.54. The maximum absolute atomic E-state index is 7.30. The Morgan fingerprint density at radius 3 is 3.00 bits per heavy atom. The number of rotatable bonds is 5. The van der Waals surface area contributed by atoms with E-state index in [2.05, 4.69) is 21.8 Å². The number of aryl methyl sites for hydroxylation is 1. The largest absolute Gasteiger partial charge is 0.388 e. The zero-order chi connectivity index (χ0) is 12.3. The van der Waals surface area contributed by atoms with E-state index in [4.69, 9.17) is 11.1 Å². The summed E-state index contributed by atoms with van der Waals surface area (Å²) in [7, 11) is 0. The molecule has 2 rings (SSSR count). The fourth-order valence-corrected chi connectivity index (χ4v) is 2.28. The molecule has 0 bridgehead atoms. The van der Waals surface area contributed by atoms with Gasteiger partial charge in [-0.25, -0.2) is 9.97 Å². The average Bonchev–Trinajstić information content (AvgIpc) is 2.78. The van der Waals surface area contributed by atoms with Gasteiger partial charge in [-0.05, 0) is 26.2 Å². The van der Waals surface area contributed by atoms with Crippen molar-refractivity contribution in [2.75, 3.05) is 18.0 Å². The monoisotopic (exact) mass is 233 g/mol. The van der Waals surface area contributed by atoms with Crippen LogP contribution in [0.15, 0.2) is 6.33 Å². The van der Waals surface area contributed by atoms with Crippen LogP contribution in [0.5, 0.6) is 0 Å². The molecule has 0 radical (unpaired) electrons. The van der Waals surface area contributed by atoms with E-state index in [1.54, 1.807) is 6.33 Å². The first-order chi connectivity index (χ1) is 8.22. The molecule has 92 valence electrons. The molecule has 5 heteroatoms. The van der Waals surface area contributed by atoms with E-state index in [1.165, 1.54) is 17.7 Å². The van der Waals surface area contributed by atoms with Crippen molar-refractivity contribution in [3.8, 4) is 0 Å². The van der Waals surface area contributed by atoms with Gasteiger partial charge in [-0.15, -0.1) is 0 Å². The summed E-state index contributed by atoms with van der Waals surface area (Å²) in [5.41, 5.74) is 7.89. The molecule has 1 aliphatic rings. The number of hydrogen-bond acceptors (Lipinski definition) is 4. The van der Waals surface area contributed by atoms with Gasteiger partial charge in [-0.2, -0.15) is 0 Å². The Labute approximate surface area is 102 Å². The van der Waals surface area contributed by atoms with Gasteiger partial charge in [0.15, 0.2) is 0 Å². The molecule has 1 aromatic heterocycles. The minimum Gasteiger partial charge on any atom is -0.388 e. The van der Waals surface area contributed by atoms with Gasteiger partial charge >= 0.3 is 0 Å². The van der Waals surface area contributed by atoms with Crippen molar-refractivity contribution < 1.29 is 0 Å².